The average Bonchev–Trinajstić information content (AvgIpc) is 3.06. The second-order valence-electron chi connectivity index (χ2n) is 4.75. The van der Waals surface area contributed by atoms with Gasteiger partial charge in [0, 0.05) is 23.9 Å². The van der Waals surface area contributed by atoms with E-state index in [1.165, 1.54) is 12.5 Å². The summed E-state index contributed by atoms with van der Waals surface area (Å²) in [6.07, 6.45) is 2.95. The van der Waals surface area contributed by atoms with Crippen LogP contribution in [0.1, 0.15) is 16.1 Å². The van der Waals surface area contributed by atoms with Crippen molar-refractivity contribution in [3.05, 3.63) is 52.4 Å². The number of nitrogens with zero attached hydrogens (tertiary/aromatic N) is 2. The first-order valence-corrected chi connectivity index (χ1v) is 6.72. The van der Waals surface area contributed by atoms with E-state index < -0.39 is 35.2 Å². The van der Waals surface area contributed by atoms with Crippen LogP contribution >= 0.6 is 0 Å². The molecule has 0 saturated heterocycles. The number of carbonyl (C=O) groups is 2. The lowest BCUT2D eigenvalue weighted by molar-refractivity contribution is -0.142. The summed E-state index contributed by atoms with van der Waals surface area (Å²) in [5, 5.41) is 2.36. The smallest absolute Gasteiger partial charge is 0.410 e. The molecule has 1 atom stereocenters. The number of imidazole rings is 1. The molecular weight excluding hydrogens is 322 g/mol. The molecule has 24 heavy (non-hydrogen) atoms. The number of nitrogens with one attached hydrogen (secondary N) is 2. The minimum atomic E-state index is -1.09. The van der Waals surface area contributed by atoms with Gasteiger partial charge in [-0.05, 0) is 17.0 Å². The molecular formula is C15H13F2N4O3+. The Balaban J connectivity index is 2.21. The molecule has 2 N–H and O–H groups in total. The molecule has 124 valence electrons. The summed E-state index contributed by atoms with van der Waals surface area (Å²) >= 11 is 0. The monoisotopic (exact) mass is 335 g/mol. The SMILES string of the molecule is C#[N+]c1c(F)cc(C(=O)N[C@H](Cc2cnc[nH]2)C(=O)OC)cc1F. The summed E-state index contributed by atoms with van der Waals surface area (Å²) in [7, 11) is 1.16. The minimum absolute atomic E-state index is 0.0690. The number of ether oxygens (including phenoxy) is 1. The van der Waals surface area contributed by atoms with Crippen LogP contribution in [0.15, 0.2) is 24.7 Å². The number of hydrogen-bond acceptors (Lipinski definition) is 4. The van der Waals surface area contributed by atoms with Gasteiger partial charge in [0.25, 0.3) is 12.5 Å². The number of benzene rings is 1. The molecule has 1 aromatic heterocycles. The number of H-pyrrole nitrogens is 1. The third-order valence-electron chi connectivity index (χ3n) is 3.18. The third-order valence-corrected chi connectivity index (χ3v) is 3.18. The van der Waals surface area contributed by atoms with Crippen LogP contribution in [0.25, 0.3) is 4.85 Å². The zero-order valence-electron chi connectivity index (χ0n) is 12.5. The highest BCUT2D eigenvalue weighted by Gasteiger charge is 2.26. The van der Waals surface area contributed by atoms with Crippen LogP contribution < -0.4 is 5.32 Å². The molecule has 2 rings (SSSR count). The van der Waals surface area contributed by atoms with Gasteiger partial charge in [0.05, 0.1) is 13.4 Å². The number of esters is 1. The molecule has 0 aliphatic carbocycles. The van der Waals surface area contributed by atoms with Crippen molar-refractivity contribution in [3.63, 3.8) is 0 Å². The van der Waals surface area contributed by atoms with Crippen molar-refractivity contribution in [2.24, 2.45) is 0 Å². The van der Waals surface area contributed by atoms with Crippen LogP contribution in [-0.4, -0.2) is 35.0 Å². The molecule has 1 amide bonds. The summed E-state index contributed by atoms with van der Waals surface area (Å²) < 4.78 is 31.9. The van der Waals surface area contributed by atoms with Crippen molar-refractivity contribution >= 4 is 17.6 Å². The Kier molecular flexibility index (Phi) is 5.21. The van der Waals surface area contributed by atoms with Crippen LogP contribution in [0.4, 0.5) is 14.5 Å². The van der Waals surface area contributed by atoms with Gasteiger partial charge in [-0.3, -0.25) is 4.79 Å². The Bertz CT molecular complexity index is 777. The topological polar surface area (TPSA) is 88.4 Å². The summed E-state index contributed by atoms with van der Waals surface area (Å²) in [6, 6.07) is 0.483. The molecule has 0 radical (unpaired) electrons. The van der Waals surface area contributed by atoms with Crippen molar-refractivity contribution in [1.82, 2.24) is 15.3 Å². The van der Waals surface area contributed by atoms with Crippen LogP contribution in [0.2, 0.25) is 0 Å². The van der Waals surface area contributed by atoms with E-state index >= 15 is 0 Å². The number of amides is 1. The second-order valence-corrected chi connectivity index (χ2v) is 4.75. The quantitative estimate of drug-likeness (QED) is 0.816. The lowest BCUT2D eigenvalue weighted by atomic mass is 10.1. The molecule has 0 aliphatic heterocycles. The molecule has 1 aromatic carbocycles. The van der Waals surface area contributed by atoms with E-state index in [0.29, 0.717) is 5.69 Å². The van der Waals surface area contributed by atoms with Gasteiger partial charge in [0.2, 0.25) is 11.6 Å². The van der Waals surface area contributed by atoms with E-state index in [1.807, 2.05) is 0 Å². The number of rotatable bonds is 5. The fourth-order valence-electron chi connectivity index (χ4n) is 2.01. The molecule has 0 unspecified atom stereocenters. The lowest BCUT2D eigenvalue weighted by Crippen LogP contribution is -2.43. The highest BCUT2D eigenvalue weighted by atomic mass is 19.1. The van der Waals surface area contributed by atoms with Gasteiger partial charge < -0.3 is 15.0 Å². The molecule has 1 heterocycles. The molecule has 9 heteroatoms. The van der Waals surface area contributed by atoms with Crippen molar-refractivity contribution in [2.45, 2.75) is 12.5 Å². The van der Waals surface area contributed by atoms with Crippen molar-refractivity contribution in [1.29, 1.82) is 0 Å². The van der Waals surface area contributed by atoms with E-state index in [4.69, 9.17) is 6.57 Å². The first kappa shape index (κ1) is 17.1. The molecule has 0 spiro atoms. The molecule has 0 bridgehead atoms. The average molecular weight is 335 g/mol. The Morgan fingerprint density at radius 1 is 1.42 bits per heavy atom. The predicted octanol–water partition coefficient (Wildman–Crippen LogP) is 1.80. The molecule has 2 aromatic rings. The van der Waals surface area contributed by atoms with E-state index in [2.05, 4.69) is 24.9 Å². The summed E-state index contributed by atoms with van der Waals surface area (Å²) in [5.41, 5.74) is -0.440. The van der Waals surface area contributed by atoms with Gasteiger partial charge in [0.1, 0.15) is 6.04 Å². The summed E-state index contributed by atoms with van der Waals surface area (Å²) in [5.74, 6) is -3.75. The van der Waals surface area contributed by atoms with E-state index in [-0.39, 0.29) is 12.0 Å². The highest BCUT2D eigenvalue weighted by Crippen LogP contribution is 2.23. The fourth-order valence-corrected chi connectivity index (χ4v) is 2.01. The van der Waals surface area contributed by atoms with Crippen LogP contribution in [0.5, 0.6) is 0 Å². The van der Waals surface area contributed by atoms with E-state index in [1.54, 1.807) is 0 Å². The maximum absolute atomic E-state index is 13.6. The largest absolute Gasteiger partial charge is 0.467 e. The number of aromatic amines is 1. The number of aromatic nitrogens is 2. The van der Waals surface area contributed by atoms with Gasteiger partial charge in [-0.2, -0.15) is 8.78 Å². The Morgan fingerprint density at radius 3 is 2.58 bits per heavy atom. The van der Waals surface area contributed by atoms with E-state index in [0.717, 1.165) is 19.2 Å². The first-order chi connectivity index (χ1) is 11.5. The maximum Gasteiger partial charge on any atom is 0.410 e. The van der Waals surface area contributed by atoms with Gasteiger partial charge in [-0.15, -0.1) is 0 Å². The second kappa shape index (κ2) is 7.32. The predicted molar refractivity (Wildman–Crippen MR) is 79.9 cm³/mol. The summed E-state index contributed by atoms with van der Waals surface area (Å²) in [6.45, 7) is 4.87. The van der Waals surface area contributed by atoms with Crippen molar-refractivity contribution in [2.75, 3.05) is 7.11 Å². The van der Waals surface area contributed by atoms with Gasteiger partial charge in [0.15, 0.2) is 0 Å². The number of halogens is 2. The standard InChI is InChI=1S/C15H12F2N4O3/c1-18-13-10(16)3-8(4-11(13)17)14(22)21-12(15(23)24-2)5-9-6-19-7-20-9/h1,3-4,6-7,12H,5H2,2H3,(H-,19,20,21,22)/p+1/t12-/m1/s1. The molecule has 7 nitrogen and oxygen atoms in total. The van der Waals surface area contributed by atoms with E-state index in [9.17, 15) is 18.4 Å². The minimum Gasteiger partial charge on any atom is -0.467 e. The summed E-state index contributed by atoms with van der Waals surface area (Å²) in [4.78, 5) is 33.5. The Morgan fingerprint density at radius 2 is 2.08 bits per heavy atom. The molecule has 0 fully saturated rings. The van der Waals surface area contributed by atoms with Crippen molar-refractivity contribution in [3.8, 4) is 6.57 Å². The van der Waals surface area contributed by atoms with Crippen LogP contribution in [0.3, 0.4) is 0 Å². The van der Waals surface area contributed by atoms with Gasteiger partial charge in [-0.25, -0.2) is 9.78 Å². The Labute approximate surface area is 135 Å². The zero-order chi connectivity index (χ0) is 17.7. The first-order valence-electron chi connectivity index (χ1n) is 6.72. The highest BCUT2D eigenvalue weighted by molar-refractivity contribution is 5.97. The van der Waals surface area contributed by atoms with Crippen molar-refractivity contribution < 1.29 is 23.1 Å². The van der Waals surface area contributed by atoms with Gasteiger partial charge in [-0.1, -0.05) is 0 Å². The molecule has 0 saturated carbocycles. The lowest BCUT2D eigenvalue weighted by Gasteiger charge is -2.15. The number of hydrogen-bond donors (Lipinski definition) is 2. The van der Waals surface area contributed by atoms with Crippen LogP contribution in [0, 0.1) is 18.2 Å². The third kappa shape index (κ3) is 3.73. The normalized spacial score (nSPS) is 11.4. The zero-order valence-corrected chi connectivity index (χ0v) is 12.5. The maximum atomic E-state index is 13.6. The Hall–Kier alpha value is -3.28. The van der Waals surface area contributed by atoms with Gasteiger partial charge >= 0.3 is 11.7 Å². The molecule has 0 aliphatic rings. The van der Waals surface area contributed by atoms with Crippen LogP contribution in [-0.2, 0) is 16.0 Å². The fraction of sp³-hybridized carbons (Fsp3) is 0.200. The number of carbonyl (C=O) groups excluding carboxylic acids is 2. The number of methoxy groups -OCH3 is 1.